The van der Waals surface area contributed by atoms with Crippen LogP contribution < -0.4 is 10.5 Å². The number of hydrogen-bond donors (Lipinski definition) is 2. The van der Waals surface area contributed by atoms with Crippen molar-refractivity contribution in [2.24, 2.45) is 5.73 Å². The van der Waals surface area contributed by atoms with E-state index >= 15 is 0 Å². The molecule has 1 heterocycles. The van der Waals surface area contributed by atoms with E-state index in [-0.39, 0.29) is 17.2 Å². The molecule has 5 nitrogen and oxygen atoms in total. The van der Waals surface area contributed by atoms with E-state index < -0.39 is 17.9 Å². The number of aromatic amines is 1. The summed E-state index contributed by atoms with van der Waals surface area (Å²) in [4.78, 5) is 16.2. The Bertz CT molecular complexity index is 607. The second-order valence-corrected chi connectivity index (χ2v) is 3.56. The van der Waals surface area contributed by atoms with Crippen LogP contribution in [0, 0.1) is 0 Å². The number of hydrogen-bond acceptors (Lipinski definition) is 3. The fraction of sp³-hybridized carbons (Fsp3) is 0.0909. The maximum Gasteiger partial charge on any atom is 0.449 e. The van der Waals surface area contributed by atoms with E-state index in [2.05, 4.69) is 4.98 Å². The first kappa shape index (κ1) is 12.9. The molecule has 0 fully saturated rings. The van der Waals surface area contributed by atoms with E-state index in [9.17, 15) is 18.0 Å². The van der Waals surface area contributed by atoms with E-state index in [1.165, 1.54) is 12.1 Å². The van der Waals surface area contributed by atoms with Crippen molar-refractivity contribution in [1.82, 2.24) is 9.97 Å². The summed E-state index contributed by atoms with van der Waals surface area (Å²) in [5.41, 5.74) is 5.18. The lowest BCUT2D eigenvalue weighted by molar-refractivity contribution is -0.144. The van der Waals surface area contributed by atoms with Crippen LogP contribution >= 0.6 is 0 Å². The van der Waals surface area contributed by atoms with Crippen LogP contribution in [-0.4, -0.2) is 15.9 Å². The fourth-order valence-corrected chi connectivity index (χ4v) is 1.38. The first-order valence-electron chi connectivity index (χ1n) is 5.07. The highest BCUT2D eigenvalue weighted by Crippen LogP contribution is 2.30. The Morgan fingerprint density at radius 1 is 1.32 bits per heavy atom. The van der Waals surface area contributed by atoms with E-state index in [0.29, 0.717) is 0 Å². The molecule has 2 rings (SSSR count). The summed E-state index contributed by atoms with van der Waals surface area (Å²) in [5.74, 6) is -2.11. The summed E-state index contributed by atoms with van der Waals surface area (Å²) in [6, 6.07) is 5.93. The zero-order chi connectivity index (χ0) is 14.0. The van der Waals surface area contributed by atoms with Gasteiger partial charge in [0, 0.05) is 0 Å². The number of halogens is 3. The van der Waals surface area contributed by atoms with Gasteiger partial charge in [0.1, 0.15) is 5.75 Å². The third-order valence-corrected chi connectivity index (χ3v) is 2.19. The van der Waals surface area contributed by atoms with Gasteiger partial charge < -0.3 is 15.5 Å². The van der Waals surface area contributed by atoms with E-state index in [1.54, 1.807) is 12.1 Å². The van der Waals surface area contributed by atoms with Crippen LogP contribution in [0.25, 0.3) is 0 Å². The minimum absolute atomic E-state index is 0.0485. The van der Waals surface area contributed by atoms with Crippen molar-refractivity contribution in [2.45, 2.75) is 6.18 Å². The molecule has 1 aromatic carbocycles. The smallest absolute Gasteiger partial charge is 0.439 e. The molecule has 19 heavy (non-hydrogen) atoms. The number of H-pyrrole nitrogens is 1. The fourth-order valence-electron chi connectivity index (χ4n) is 1.38. The third kappa shape index (κ3) is 2.84. The average molecular weight is 271 g/mol. The summed E-state index contributed by atoms with van der Waals surface area (Å²) >= 11 is 0. The Morgan fingerprint density at radius 2 is 2.00 bits per heavy atom. The highest BCUT2D eigenvalue weighted by molar-refractivity contribution is 5.95. The number of nitrogens with two attached hydrogens (primary N) is 1. The largest absolute Gasteiger partial charge is 0.449 e. The summed E-state index contributed by atoms with van der Waals surface area (Å²) < 4.78 is 42.1. The topological polar surface area (TPSA) is 81.0 Å². The molecule has 8 heteroatoms. The lowest BCUT2D eigenvalue weighted by atomic mass is 10.2. The van der Waals surface area contributed by atoms with Gasteiger partial charge in [0.2, 0.25) is 11.7 Å². The van der Waals surface area contributed by atoms with E-state index in [4.69, 9.17) is 10.5 Å². The highest BCUT2D eigenvalue weighted by atomic mass is 19.4. The van der Waals surface area contributed by atoms with Crippen LogP contribution in [0.15, 0.2) is 30.5 Å². The number of para-hydroxylation sites is 1. The van der Waals surface area contributed by atoms with Crippen molar-refractivity contribution in [3.05, 3.63) is 41.9 Å². The van der Waals surface area contributed by atoms with Crippen molar-refractivity contribution in [3.63, 3.8) is 0 Å². The molecule has 2 aromatic rings. The lowest BCUT2D eigenvalue weighted by Gasteiger charge is -2.06. The Balaban J connectivity index is 2.27. The number of imidazole rings is 1. The molecule has 100 valence electrons. The Morgan fingerprint density at radius 3 is 2.58 bits per heavy atom. The monoisotopic (exact) mass is 271 g/mol. The Hall–Kier alpha value is -2.51. The van der Waals surface area contributed by atoms with Crippen molar-refractivity contribution < 1.29 is 22.7 Å². The van der Waals surface area contributed by atoms with Gasteiger partial charge in [-0.1, -0.05) is 12.1 Å². The maximum atomic E-state index is 12.3. The number of amides is 1. The van der Waals surface area contributed by atoms with Gasteiger partial charge in [0.05, 0.1) is 11.8 Å². The number of primary amides is 1. The molecule has 0 atom stereocenters. The maximum absolute atomic E-state index is 12.3. The molecule has 0 spiro atoms. The van der Waals surface area contributed by atoms with E-state index in [1.807, 2.05) is 4.98 Å². The summed E-state index contributed by atoms with van der Waals surface area (Å²) in [6.45, 7) is 0. The number of ether oxygens (including phenoxy) is 1. The number of alkyl halides is 3. The van der Waals surface area contributed by atoms with Gasteiger partial charge in [-0.2, -0.15) is 13.2 Å². The number of nitrogens with one attached hydrogen (secondary N) is 1. The number of aromatic nitrogens is 2. The number of benzene rings is 1. The lowest BCUT2D eigenvalue weighted by Crippen LogP contribution is -2.12. The zero-order valence-electron chi connectivity index (χ0n) is 9.36. The number of carbonyl (C=O) groups is 1. The predicted molar refractivity (Wildman–Crippen MR) is 58.6 cm³/mol. The molecule has 0 aliphatic carbocycles. The molecule has 0 radical (unpaired) electrons. The molecule has 0 bridgehead atoms. The summed E-state index contributed by atoms with van der Waals surface area (Å²) in [5, 5.41) is 0. The zero-order valence-corrected chi connectivity index (χ0v) is 9.36. The Labute approximate surface area is 105 Å². The van der Waals surface area contributed by atoms with Crippen LogP contribution in [0.1, 0.15) is 16.2 Å². The standard InChI is InChI=1S/C11H8F3N3O2/c12-11(13,14)10-16-5-8(17-10)19-7-4-2-1-3-6(7)9(15)18/h1-5H,(H2,15,18)(H,16,17). The van der Waals surface area contributed by atoms with Crippen molar-refractivity contribution in [2.75, 3.05) is 0 Å². The van der Waals surface area contributed by atoms with Gasteiger partial charge in [-0.15, -0.1) is 0 Å². The average Bonchev–Trinajstić information content (AvgIpc) is 2.77. The molecule has 0 unspecified atom stereocenters. The minimum atomic E-state index is -4.59. The molecule has 0 aliphatic rings. The van der Waals surface area contributed by atoms with Crippen molar-refractivity contribution >= 4 is 5.91 Å². The predicted octanol–water partition coefficient (Wildman–Crippen LogP) is 2.32. The molecule has 3 N–H and O–H groups in total. The van der Waals surface area contributed by atoms with Crippen LogP contribution in [-0.2, 0) is 6.18 Å². The molecule has 0 saturated heterocycles. The van der Waals surface area contributed by atoms with E-state index in [0.717, 1.165) is 6.20 Å². The minimum Gasteiger partial charge on any atom is -0.439 e. The van der Waals surface area contributed by atoms with Gasteiger partial charge in [-0.05, 0) is 12.1 Å². The molecular weight excluding hydrogens is 263 g/mol. The quantitative estimate of drug-likeness (QED) is 0.898. The van der Waals surface area contributed by atoms with Gasteiger partial charge in [-0.3, -0.25) is 4.79 Å². The Kier molecular flexibility index (Phi) is 3.16. The normalized spacial score (nSPS) is 11.3. The number of carbonyl (C=O) groups excluding carboxylic acids is 1. The molecule has 1 amide bonds. The summed E-state index contributed by atoms with van der Waals surface area (Å²) in [7, 11) is 0. The van der Waals surface area contributed by atoms with Gasteiger partial charge in [0.15, 0.2) is 0 Å². The highest BCUT2D eigenvalue weighted by Gasteiger charge is 2.34. The molecule has 1 aromatic heterocycles. The molecular formula is C11H8F3N3O2. The van der Waals surface area contributed by atoms with Crippen molar-refractivity contribution in [1.29, 1.82) is 0 Å². The van der Waals surface area contributed by atoms with Crippen molar-refractivity contribution in [3.8, 4) is 11.6 Å². The van der Waals surface area contributed by atoms with Crippen LogP contribution in [0.3, 0.4) is 0 Å². The first-order chi connectivity index (χ1) is 8.88. The molecule has 0 aliphatic heterocycles. The van der Waals surface area contributed by atoms with Crippen LogP contribution in [0.2, 0.25) is 0 Å². The number of rotatable bonds is 3. The second-order valence-electron chi connectivity index (χ2n) is 3.56. The molecule has 0 saturated carbocycles. The number of nitrogens with zero attached hydrogens (tertiary/aromatic N) is 1. The SMILES string of the molecule is NC(=O)c1ccccc1Oc1cnc(C(F)(F)F)[nH]1. The van der Waals surface area contributed by atoms with Gasteiger partial charge >= 0.3 is 6.18 Å². The first-order valence-corrected chi connectivity index (χ1v) is 5.07. The van der Waals surface area contributed by atoms with Gasteiger partial charge in [-0.25, -0.2) is 4.98 Å². The second kappa shape index (κ2) is 4.63. The third-order valence-electron chi connectivity index (χ3n) is 2.19. The van der Waals surface area contributed by atoms with Gasteiger partial charge in [0.25, 0.3) is 5.91 Å². The summed E-state index contributed by atoms with van der Waals surface area (Å²) in [6.07, 6.45) is -3.72. The van der Waals surface area contributed by atoms with Crippen LogP contribution in [0.5, 0.6) is 11.6 Å². The van der Waals surface area contributed by atoms with Crippen LogP contribution in [0.4, 0.5) is 13.2 Å².